The highest BCUT2D eigenvalue weighted by atomic mass is 15.0. The van der Waals surface area contributed by atoms with Crippen molar-refractivity contribution < 1.29 is 0 Å². The van der Waals surface area contributed by atoms with Gasteiger partial charge >= 0.3 is 0 Å². The van der Waals surface area contributed by atoms with Crippen LogP contribution in [-0.2, 0) is 0 Å². The normalized spacial score (nSPS) is 15.3. The van der Waals surface area contributed by atoms with Crippen molar-refractivity contribution in [2.24, 2.45) is 0 Å². The van der Waals surface area contributed by atoms with Gasteiger partial charge in [-0.1, -0.05) is 12.1 Å². The van der Waals surface area contributed by atoms with Gasteiger partial charge in [0.1, 0.15) is 0 Å². The van der Waals surface area contributed by atoms with Crippen LogP contribution in [0.2, 0.25) is 0 Å². The number of rotatable bonds is 5. The van der Waals surface area contributed by atoms with Gasteiger partial charge in [-0.15, -0.1) is 0 Å². The van der Waals surface area contributed by atoms with Crippen molar-refractivity contribution in [1.29, 1.82) is 0 Å². The van der Waals surface area contributed by atoms with E-state index in [2.05, 4.69) is 42.7 Å². The number of nitrogens with one attached hydrogen (secondary N) is 2. The maximum atomic E-state index is 3.50. The second-order valence-electron chi connectivity index (χ2n) is 4.40. The number of aryl methyl sites for hydroxylation is 1. The van der Waals surface area contributed by atoms with Crippen LogP contribution < -0.4 is 10.6 Å². The first-order valence-corrected chi connectivity index (χ1v) is 5.81. The summed E-state index contributed by atoms with van der Waals surface area (Å²) >= 11 is 0. The van der Waals surface area contributed by atoms with Crippen LogP contribution in [0.1, 0.15) is 24.0 Å². The van der Waals surface area contributed by atoms with Crippen molar-refractivity contribution in [2.75, 3.05) is 18.4 Å². The maximum absolute atomic E-state index is 3.50. The summed E-state index contributed by atoms with van der Waals surface area (Å²) in [5, 5.41) is 6.97. The van der Waals surface area contributed by atoms with Crippen LogP contribution in [-0.4, -0.2) is 19.1 Å². The molecule has 15 heavy (non-hydrogen) atoms. The molecule has 0 heterocycles. The molecule has 82 valence electrons. The van der Waals surface area contributed by atoms with Crippen LogP contribution in [0.25, 0.3) is 0 Å². The Balaban J connectivity index is 1.78. The Morgan fingerprint density at radius 3 is 2.73 bits per heavy atom. The summed E-state index contributed by atoms with van der Waals surface area (Å²) in [7, 11) is 0. The molecule has 0 bridgehead atoms. The molecule has 0 spiro atoms. The molecule has 0 unspecified atom stereocenters. The lowest BCUT2D eigenvalue weighted by atomic mass is 10.1. The highest BCUT2D eigenvalue weighted by molar-refractivity contribution is 5.53. The van der Waals surface area contributed by atoms with Gasteiger partial charge < -0.3 is 10.6 Å². The monoisotopic (exact) mass is 204 g/mol. The Bertz CT molecular complexity index is 329. The molecule has 0 aliphatic heterocycles. The van der Waals surface area contributed by atoms with Crippen molar-refractivity contribution in [1.82, 2.24) is 5.32 Å². The maximum Gasteiger partial charge on any atom is 0.0372 e. The molecule has 0 amide bonds. The van der Waals surface area contributed by atoms with Gasteiger partial charge in [-0.3, -0.25) is 0 Å². The lowest BCUT2D eigenvalue weighted by Crippen LogP contribution is -2.24. The number of hydrogen-bond donors (Lipinski definition) is 2. The number of benzene rings is 1. The van der Waals surface area contributed by atoms with Crippen LogP contribution in [0, 0.1) is 13.8 Å². The molecular weight excluding hydrogens is 184 g/mol. The van der Waals surface area contributed by atoms with E-state index in [0.717, 1.165) is 19.1 Å². The molecule has 0 aromatic heterocycles. The zero-order valence-electron chi connectivity index (χ0n) is 9.64. The first-order chi connectivity index (χ1) is 7.27. The molecule has 1 aliphatic carbocycles. The van der Waals surface area contributed by atoms with Crippen LogP contribution in [0.3, 0.4) is 0 Å². The minimum Gasteiger partial charge on any atom is -0.384 e. The summed E-state index contributed by atoms with van der Waals surface area (Å²) in [4.78, 5) is 0. The van der Waals surface area contributed by atoms with E-state index in [1.54, 1.807) is 0 Å². The van der Waals surface area contributed by atoms with Gasteiger partial charge in [0.2, 0.25) is 0 Å². The minimum absolute atomic E-state index is 0.811. The van der Waals surface area contributed by atoms with E-state index in [1.807, 2.05) is 0 Å². The molecule has 1 saturated carbocycles. The topological polar surface area (TPSA) is 24.1 Å². The van der Waals surface area contributed by atoms with Gasteiger partial charge in [0.05, 0.1) is 0 Å². The fourth-order valence-electron chi connectivity index (χ4n) is 1.70. The van der Waals surface area contributed by atoms with Crippen molar-refractivity contribution in [3.05, 3.63) is 29.3 Å². The van der Waals surface area contributed by atoms with Crippen LogP contribution in [0.5, 0.6) is 0 Å². The van der Waals surface area contributed by atoms with E-state index in [0.29, 0.717) is 0 Å². The molecule has 2 rings (SSSR count). The summed E-state index contributed by atoms with van der Waals surface area (Å²) in [6, 6.07) is 7.23. The van der Waals surface area contributed by atoms with E-state index in [9.17, 15) is 0 Å². The third kappa shape index (κ3) is 2.96. The van der Waals surface area contributed by atoms with Gasteiger partial charge in [0.15, 0.2) is 0 Å². The molecule has 1 aromatic rings. The molecule has 1 fully saturated rings. The van der Waals surface area contributed by atoms with Crippen molar-refractivity contribution in [2.45, 2.75) is 32.7 Å². The molecule has 1 aromatic carbocycles. The average molecular weight is 204 g/mol. The van der Waals surface area contributed by atoms with Gasteiger partial charge in [-0.05, 0) is 43.9 Å². The predicted molar refractivity (Wildman–Crippen MR) is 65.4 cm³/mol. The third-order valence-corrected chi connectivity index (χ3v) is 3.06. The summed E-state index contributed by atoms with van der Waals surface area (Å²) in [6.45, 7) is 6.41. The summed E-state index contributed by atoms with van der Waals surface area (Å²) in [6.07, 6.45) is 2.73. The molecule has 0 saturated heterocycles. The Hall–Kier alpha value is -1.02. The zero-order valence-corrected chi connectivity index (χ0v) is 9.64. The first kappa shape index (κ1) is 10.5. The SMILES string of the molecule is Cc1cccc(NCCNC2CC2)c1C. The Kier molecular flexibility index (Phi) is 3.27. The largest absolute Gasteiger partial charge is 0.384 e. The quantitative estimate of drug-likeness (QED) is 0.720. The Morgan fingerprint density at radius 2 is 2.00 bits per heavy atom. The fraction of sp³-hybridized carbons (Fsp3) is 0.538. The van der Waals surface area contributed by atoms with Gasteiger partial charge in [0, 0.05) is 24.8 Å². The molecular formula is C13H20N2. The Labute approximate surface area is 92.1 Å². The molecule has 0 radical (unpaired) electrons. The van der Waals surface area contributed by atoms with Crippen LogP contribution in [0.4, 0.5) is 5.69 Å². The van der Waals surface area contributed by atoms with Crippen LogP contribution >= 0.6 is 0 Å². The summed E-state index contributed by atoms with van der Waals surface area (Å²) < 4.78 is 0. The standard InChI is InChI=1S/C13H20N2/c1-10-4-3-5-13(11(10)2)15-9-8-14-12-6-7-12/h3-5,12,14-15H,6-9H2,1-2H3. The second kappa shape index (κ2) is 4.67. The van der Waals surface area contributed by atoms with Crippen molar-refractivity contribution in [3.63, 3.8) is 0 Å². The van der Waals surface area contributed by atoms with E-state index >= 15 is 0 Å². The molecule has 2 heteroatoms. The minimum atomic E-state index is 0.811. The summed E-state index contributed by atoms with van der Waals surface area (Å²) in [5.74, 6) is 0. The first-order valence-electron chi connectivity index (χ1n) is 5.81. The molecule has 1 aliphatic rings. The zero-order chi connectivity index (χ0) is 10.7. The number of hydrogen-bond acceptors (Lipinski definition) is 2. The van der Waals surface area contributed by atoms with Gasteiger partial charge in [-0.2, -0.15) is 0 Å². The van der Waals surface area contributed by atoms with Crippen molar-refractivity contribution >= 4 is 5.69 Å². The lowest BCUT2D eigenvalue weighted by Gasteiger charge is -2.11. The average Bonchev–Trinajstić information content (AvgIpc) is 3.02. The molecule has 2 N–H and O–H groups in total. The third-order valence-electron chi connectivity index (χ3n) is 3.06. The second-order valence-corrected chi connectivity index (χ2v) is 4.40. The highest BCUT2D eigenvalue weighted by Crippen LogP contribution is 2.19. The molecule has 2 nitrogen and oxygen atoms in total. The van der Waals surface area contributed by atoms with Crippen molar-refractivity contribution in [3.8, 4) is 0 Å². The van der Waals surface area contributed by atoms with Gasteiger partial charge in [0.25, 0.3) is 0 Å². The predicted octanol–water partition coefficient (Wildman–Crippen LogP) is 2.47. The smallest absolute Gasteiger partial charge is 0.0372 e. The lowest BCUT2D eigenvalue weighted by molar-refractivity contribution is 0.701. The molecule has 0 atom stereocenters. The Morgan fingerprint density at radius 1 is 1.20 bits per heavy atom. The highest BCUT2D eigenvalue weighted by Gasteiger charge is 2.19. The van der Waals surface area contributed by atoms with E-state index in [4.69, 9.17) is 0 Å². The van der Waals surface area contributed by atoms with Gasteiger partial charge in [-0.25, -0.2) is 0 Å². The van der Waals surface area contributed by atoms with Crippen LogP contribution in [0.15, 0.2) is 18.2 Å². The van der Waals surface area contributed by atoms with E-state index in [1.165, 1.54) is 29.7 Å². The summed E-state index contributed by atoms with van der Waals surface area (Å²) in [5.41, 5.74) is 3.99. The van der Waals surface area contributed by atoms with E-state index < -0.39 is 0 Å². The fourth-order valence-corrected chi connectivity index (χ4v) is 1.70. The number of anilines is 1. The van der Waals surface area contributed by atoms with E-state index in [-0.39, 0.29) is 0 Å².